The van der Waals surface area contributed by atoms with E-state index >= 15 is 0 Å². The number of aliphatic hydroxyl groups is 2. The lowest BCUT2D eigenvalue weighted by Gasteiger charge is -2.32. The predicted octanol–water partition coefficient (Wildman–Crippen LogP) is -1.41. The first-order chi connectivity index (χ1) is 12.3. The van der Waals surface area contributed by atoms with Gasteiger partial charge in [0.2, 0.25) is 0 Å². The second-order valence-corrected chi connectivity index (χ2v) is 5.77. The molecule has 0 aromatic rings. The molecule has 0 spiro atoms. The Labute approximate surface area is 148 Å². The number of hydrogen-bond donors (Lipinski definition) is 2. The fourth-order valence-corrected chi connectivity index (χ4v) is 2.68. The van der Waals surface area contributed by atoms with Crippen LogP contribution in [0, 0.1) is 0 Å². The summed E-state index contributed by atoms with van der Waals surface area (Å²) in [5.74, 6) is 0. The van der Waals surface area contributed by atoms with Gasteiger partial charge < -0.3 is 43.4 Å². The number of ether oxygens (including phenoxy) is 7. The van der Waals surface area contributed by atoms with Crippen molar-refractivity contribution in [3.63, 3.8) is 0 Å². The van der Waals surface area contributed by atoms with Gasteiger partial charge in [0.25, 0.3) is 0 Å². The lowest BCUT2D eigenvalue weighted by Crippen LogP contribution is -2.45. The summed E-state index contributed by atoms with van der Waals surface area (Å²) < 4.78 is 39.1. The van der Waals surface area contributed by atoms with Crippen molar-refractivity contribution >= 4 is 0 Å². The minimum Gasteiger partial charge on any atom is -0.394 e. The van der Waals surface area contributed by atoms with Gasteiger partial charge in [0, 0.05) is 0 Å². The third-order valence-corrected chi connectivity index (χ3v) is 3.92. The smallest absolute Gasteiger partial charge is 0.109 e. The van der Waals surface area contributed by atoms with Crippen LogP contribution in [0.4, 0.5) is 0 Å². The molecule has 0 bridgehead atoms. The maximum absolute atomic E-state index is 8.98. The Bertz CT molecular complexity index is 289. The van der Waals surface area contributed by atoms with Crippen LogP contribution in [0.3, 0.4) is 0 Å². The highest BCUT2D eigenvalue weighted by Gasteiger charge is 2.29. The SMILES string of the molecule is OCCOC(COCC(OCCO)C1COCCO1)C1COCCO1. The molecule has 0 saturated carbocycles. The predicted molar refractivity (Wildman–Crippen MR) is 85.6 cm³/mol. The largest absolute Gasteiger partial charge is 0.394 e. The summed E-state index contributed by atoms with van der Waals surface area (Å²) in [6.07, 6.45) is -1.14. The van der Waals surface area contributed by atoms with E-state index in [0.29, 0.717) is 39.6 Å². The Morgan fingerprint density at radius 3 is 1.60 bits per heavy atom. The third-order valence-electron chi connectivity index (χ3n) is 3.92. The van der Waals surface area contributed by atoms with Crippen molar-refractivity contribution < 1.29 is 43.4 Å². The van der Waals surface area contributed by atoms with Crippen LogP contribution < -0.4 is 0 Å². The van der Waals surface area contributed by atoms with Gasteiger partial charge in [-0.05, 0) is 0 Å². The zero-order valence-electron chi connectivity index (χ0n) is 14.5. The quantitative estimate of drug-likeness (QED) is 0.431. The van der Waals surface area contributed by atoms with E-state index in [1.165, 1.54) is 0 Å². The zero-order valence-corrected chi connectivity index (χ0v) is 14.5. The van der Waals surface area contributed by atoms with Crippen molar-refractivity contribution in [2.24, 2.45) is 0 Å². The molecule has 9 heteroatoms. The van der Waals surface area contributed by atoms with Crippen molar-refractivity contribution in [2.75, 3.05) is 79.3 Å². The molecule has 2 heterocycles. The molecule has 148 valence electrons. The van der Waals surface area contributed by atoms with E-state index in [-0.39, 0.29) is 64.1 Å². The molecule has 2 fully saturated rings. The van der Waals surface area contributed by atoms with E-state index in [2.05, 4.69) is 0 Å². The lowest BCUT2D eigenvalue weighted by molar-refractivity contribution is -0.183. The summed E-state index contributed by atoms with van der Waals surface area (Å²) in [6.45, 7) is 3.86. The average Bonchev–Trinajstić information content (AvgIpc) is 2.68. The fourth-order valence-electron chi connectivity index (χ4n) is 2.68. The molecule has 0 aromatic heterocycles. The molecule has 9 nitrogen and oxygen atoms in total. The van der Waals surface area contributed by atoms with Gasteiger partial charge >= 0.3 is 0 Å². The summed E-state index contributed by atoms with van der Waals surface area (Å²) in [5.41, 5.74) is 0. The maximum atomic E-state index is 8.98. The van der Waals surface area contributed by atoms with E-state index in [0.717, 1.165) is 0 Å². The van der Waals surface area contributed by atoms with Gasteiger partial charge in [0.05, 0.1) is 79.3 Å². The molecule has 0 aliphatic carbocycles. The minimum atomic E-state index is -0.338. The van der Waals surface area contributed by atoms with Crippen LogP contribution in [0.1, 0.15) is 0 Å². The van der Waals surface area contributed by atoms with Crippen LogP contribution in [0.25, 0.3) is 0 Å². The highest BCUT2D eigenvalue weighted by molar-refractivity contribution is 4.76. The van der Waals surface area contributed by atoms with Crippen molar-refractivity contribution in [3.05, 3.63) is 0 Å². The summed E-state index contributed by atoms with van der Waals surface area (Å²) in [5, 5.41) is 18.0. The molecule has 2 N–H and O–H groups in total. The second kappa shape index (κ2) is 12.9. The Morgan fingerprint density at radius 2 is 1.24 bits per heavy atom. The molecule has 2 aliphatic rings. The Hall–Kier alpha value is -0.360. The molecule has 2 saturated heterocycles. The van der Waals surface area contributed by atoms with Crippen LogP contribution in [-0.2, 0) is 33.2 Å². The molecule has 4 atom stereocenters. The van der Waals surface area contributed by atoms with Gasteiger partial charge in [-0.3, -0.25) is 0 Å². The van der Waals surface area contributed by atoms with Crippen molar-refractivity contribution in [1.82, 2.24) is 0 Å². The zero-order chi connectivity index (χ0) is 17.7. The van der Waals surface area contributed by atoms with E-state index in [9.17, 15) is 0 Å². The molecule has 0 amide bonds. The van der Waals surface area contributed by atoms with E-state index in [4.69, 9.17) is 43.4 Å². The monoisotopic (exact) mass is 366 g/mol. The first-order valence-corrected chi connectivity index (χ1v) is 8.76. The molecule has 2 aliphatic heterocycles. The number of hydrogen-bond acceptors (Lipinski definition) is 9. The highest BCUT2D eigenvalue weighted by atomic mass is 16.6. The Balaban J connectivity index is 1.78. The van der Waals surface area contributed by atoms with Crippen molar-refractivity contribution in [1.29, 1.82) is 0 Å². The van der Waals surface area contributed by atoms with Crippen LogP contribution in [-0.4, -0.2) is 114 Å². The fraction of sp³-hybridized carbons (Fsp3) is 1.00. The maximum Gasteiger partial charge on any atom is 0.109 e. The Kier molecular flexibility index (Phi) is 10.8. The summed E-state index contributed by atoms with van der Waals surface area (Å²) in [7, 11) is 0. The Morgan fingerprint density at radius 1 is 0.760 bits per heavy atom. The standard InChI is InChI=1S/C16H30O9/c17-1-3-22-15(13-9-19-5-7-24-13)11-21-12-16(23-4-2-18)14-10-20-6-8-25-14/h13-18H,1-12H2. The lowest BCUT2D eigenvalue weighted by atomic mass is 10.2. The van der Waals surface area contributed by atoms with Gasteiger partial charge in [-0.2, -0.15) is 0 Å². The van der Waals surface area contributed by atoms with Gasteiger partial charge in [-0.1, -0.05) is 0 Å². The first-order valence-electron chi connectivity index (χ1n) is 8.76. The normalized spacial score (nSPS) is 27.1. The minimum absolute atomic E-state index is 0.0699. The average molecular weight is 366 g/mol. The molecule has 2 rings (SSSR count). The molecule has 25 heavy (non-hydrogen) atoms. The van der Waals surface area contributed by atoms with E-state index < -0.39 is 0 Å². The molecule has 0 radical (unpaired) electrons. The first kappa shape index (κ1) is 20.9. The van der Waals surface area contributed by atoms with Crippen molar-refractivity contribution in [3.8, 4) is 0 Å². The van der Waals surface area contributed by atoms with Gasteiger partial charge in [-0.15, -0.1) is 0 Å². The summed E-state index contributed by atoms with van der Waals surface area (Å²) in [6, 6.07) is 0. The molecular weight excluding hydrogens is 336 g/mol. The highest BCUT2D eigenvalue weighted by Crippen LogP contribution is 2.13. The van der Waals surface area contributed by atoms with Gasteiger partial charge in [0.1, 0.15) is 24.4 Å². The van der Waals surface area contributed by atoms with E-state index in [1.807, 2.05) is 0 Å². The second-order valence-electron chi connectivity index (χ2n) is 5.77. The van der Waals surface area contributed by atoms with Crippen LogP contribution >= 0.6 is 0 Å². The van der Waals surface area contributed by atoms with Crippen LogP contribution in [0.2, 0.25) is 0 Å². The van der Waals surface area contributed by atoms with Gasteiger partial charge in [-0.25, -0.2) is 0 Å². The molecule has 4 unspecified atom stereocenters. The third kappa shape index (κ3) is 7.81. The van der Waals surface area contributed by atoms with Crippen LogP contribution in [0.5, 0.6) is 0 Å². The topological polar surface area (TPSA) is 105 Å². The molecular formula is C16H30O9. The van der Waals surface area contributed by atoms with Crippen molar-refractivity contribution in [2.45, 2.75) is 24.4 Å². The van der Waals surface area contributed by atoms with Crippen LogP contribution in [0.15, 0.2) is 0 Å². The summed E-state index contributed by atoms with van der Waals surface area (Å²) >= 11 is 0. The number of rotatable bonds is 12. The number of aliphatic hydroxyl groups excluding tert-OH is 2. The van der Waals surface area contributed by atoms with E-state index in [1.54, 1.807) is 0 Å². The van der Waals surface area contributed by atoms with Gasteiger partial charge in [0.15, 0.2) is 0 Å². The molecule has 0 aromatic carbocycles. The summed E-state index contributed by atoms with van der Waals surface area (Å²) in [4.78, 5) is 0.